The van der Waals surface area contributed by atoms with Crippen molar-refractivity contribution in [2.75, 3.05) is 30.3 Å². The fourth-order valence-corrected chi connectivity index (χ4v) is 3.06. The van der Waals surface area contributed by atoms with Gasteiger partial charge in [-0.05, 0) is 12.1 Å². The summed E-state index contributed by atoms with van der Waals surface area (Å²) in [5, 5.41) is 0.211. The highest BCUT2D eigenvalue weighted by Gasteiger charge is 2.27. The lowest BCUT2D eigenvalue weighted by atomic mass is 10.3. The van der Waals surface area contributed by atoms with E-state index in [0.29, 0.717) is 0 Å². The van der Waals surface area contributed by atoms with Crippen LogP contribution in [0.4, 0.5) is 5.82 Å². The third kappa shape index (κ3) is 2.73. The van der Waals surface area contributed by atoms with Gasteiger partial charge >= 0.3 is 0 Å². The summed E-state index contributed by atoms with van der Waals surface area (Å²) in [5.74, 6) is -0.244. The molecule has 1 aromatic heterocycles. The Morgan fingerprint density at radius 2 is 1.94 bits per heavy atom. The Hall–Kier alpha value is -1.34. The zero-order valence-electron chi connectivity index (χ0n) is 9.47. The normalized spacial score (nSPS) is 18.6. The summed E-state index contributed by atoms with van der Waals surface area (Å²) < 4.78 is 22.6. The Morgan fingerprint density at radius 3 is 2.56 bits per heavy atom. The van der Waals surface area contributed by atoms with Crippen molar-refractivity contribution < 1.29 is 13.2 Å². The van der Waals surface area contributed by atoms with Gasteiger partial charge in [-0.25, -0.2) is 13.4 Å². The number of nitrogen functional groups attached to an aromatic ring is 1. The average molecular weight is 290 g/mol. The molecule has 2 N–H and O–H groups in total. The van der Waals surface area contributed by atoms with Gasteiger partial charge in [0.05, 0.1) is 16.5 Å². The largest absolute Gasteiger partial charge is 0.384 e. The Labute approximate surface area is 110 Å². The number of halogens is 1. The van der Waals surface area contributed by atoms with Gasteiger partial charge in [-0.3, -0.25) is 4.79 Å². The second-order valence-corrected chi connectivity index (χ2v) is 6.72. The highest BCUT2D eigenvalue weighted by atomic mass is 35.5. The number of nitrogens with two attached hydrogens (primary N) is 1. The average Bonchev–Trinajstić information content (AvgIpc) is 2.31. The number of carbonyl (C=O) groups is 1. The monoisotopic (exact) mass is 289 g/mol. The zero-order chi connectivity index (χ0) is 13.3. The summed E-state index contributed by atoms with van der Waals surface area (Å²) in [6.45, 7) is 0.321. The van der Waals surface area contributed by atoms with Gasteiger partial charge in [-0.15, -0.1) is 0 Å². The fourth-order valence-electron chi connectivity index (χ4n) is 1.67. The van der Waals surface area contributed by atoms with Crippen LogP contribution in [-0.2, 0) is 9.84 Å². The van der Waals surface area contributed by atoms with Gasteiger partial charge in [-0.1, -0.05) is 11.6 Å². The first-order chi connectivity index (χ1) is 8.39. The third-order valence-electron chi connectivity index (χ3n) is 2.70. The molecule has 1 aliphatic rings. The van der Waals surface area contributed by atoms with Gasteiger partial charge < -0.3 is 10.6 Å². The topological polar surface area (TPSA) is 93.4 Å². The Kier molecular flexibility index (Phi) is 3.45. The quantitative estimate of drug-likeness (QED) is 0.796. The number of rotatable bonds is 1. The van der Waals surface area contributed by atoms with Crippen LogP contribution in [0.25, 0.3) is 0 Å². The first-order valence-electron chi connectivity index (χ1n) is 5.31. The highest BCUT2D eigenvalue weighted by molar-refractivity contribution is 7.91. The molecule has 6 nitrogen and oxygen atoms in total. The van der Waals surface area contributed by atoms with Gasteiger partial charge in [0.2, 0.25) is 0 Å². The molecule has 2 rings (SSSR count). The number of pyridine rings is 1. The van der Waals surface area contributed by atoms with E-state index in [-0.39, 0.29) is 47.0 Å². The third-order valence-corrected chi connectivity index (χ3v) is 4.62. The summed E-state index contributed by atoms with van der Waals surface area (Å²) in [6, 6.07) is 3.00. The minimum atomic E-state index is -3.02. The number of hydrogen-bond acceptors (Lipinski definition) is 5. The molecule has 98 valence electrons. The molecule has 8 heteroatoms. The lowest BCUT2D eigenvalue weighted by Crippen LogP contribution is -2.44. The predicted octanol–water partition coefficient (Wildman–Crippen LogP) is 0.188. The van der Waals surface area contributed by atoms with Crippen LogP contribution in [0.1, 0.15) is 10.5 Å². The zero-order valence-corrected chi connectivity index (χ0v) is 11.0. The number of sulfone groups is 1. The molecule has 0 aliphatic carbocycles. The van der Waals surface area contributed by atoms with Crippen molar-refractivity contribution in [2.24, 2.45) is 0 Å². The van der Waals surface area contributed by atoms with Crippen molar-refractivity contribution in [3.63, 3.8) is 0 Å². The number of carbonyl (C=O) groups excluding carboxylic acids is 1. The Balaban J connectivity index is 2.20. The molecular formula is C10H12ClN3O3S. The number of nitrogens with zero attached hydrogens (tertiary/aromatic N) is 2. The molecule has 0 spiro atoms. The molecular weight excluding hydrogens is 278 g/mol. The van der Waals surface area contributed by atoms with Crippen LogP contribution < -0.4 is 5.73 Å². The summed E-state index contributed by atoms with van der Waals surface area (Å²) in [5.41, 5.74) is 5.57. The predicted molar refractivity (Wildman–Crippen MR) is 68.2 cm³/mol. The van der Waals surface area contributed by atoms with Gasteiger partial charge in [0.15, 0.2) is 9.84 Å². The van der Waals surface area contributed by atoms with Crippen molar-refractivity contribution in [1.29, 1.82) is 0 Å². The molecule has 18 heavy (non-hydrogen) atoms. The Bertz CT molecular complexity index is 574. The molecule has 0 saturated carbocycles. The van der Waals surface area contributed by atoms with Crippen molar-refractivity contribution in [3.05, 3.63) is 22.8 Å². The van der Waals surface area contributed by atoms with Crippen molar-refractivity contribution >= 4 is 33.2 Å². The van der Waals surface area contributed by atoms with E-state index >= 15 is 0 Å². The van der Waals surface area contributed by atoms with Crippen LogP contribution in [0.5, 0.6) is 0 Å². The molecule has 0 aromatic carbocycles. The summed E-state index contributed by atoms with van der Waals surface area (Å²) in [6.07, 6.45) is 0. The minimum absolute atomic E-state index is 0.0291. The standard InChI is InChI=1S/C10H12ClN3O3S/c11-7-1-2-8(12)13-9(7)10(15)14-3-5-18(16,17)6-4-14/h1-2H,3-6H2,(H2,12,13). The summed E-state index contributed by atoms with van der Waals surface area (Å²) in [4.78, 5) is 17.4. The van der Waals surface area contributed by atoms with E-state index in [0.717, 1.165) is 0 Å². The maximum absolute atomic E-state index is 12.1. The van der Waals surface area contributed by atoms with E-state index in [1.54, 1.807) is 0 Å². The van der Waals surface area contributed by atoms with Crippen molar-refractivity contribution in [1.82, 2.24) is 9.88 Å². The lowest BCUT2D eigenvalue weighted by molar-refractivity contribution is 0.0765. The number of aromatic nitrogens is 1. The summed E-state index contributed by atoms with van der Waals surface area (Å²) >= 11 is 5.88. The molecule has 0 bridgehead atoms. The van der Waals surface area contributed by atoms with Crippen LogP contribution >= 0.6 is 11.6 Å². The van der Waals surface area contributed by atoms with Crippen molar-refractivity contribution in [3.8, 4) is 0 Å². The van der Waals surface area contributed by atoms with E-state index < -0.39 is 9.84 Å². The number of anilines is 1. The molecule has 0 radical (unpaired) electrons. The van der Waals surface area contributed by atoms with Crippen LogP contribution in [0.3, 0.4) is 0 Å². The smallest absolute Gasteiger partial charge is 0.274 e. The van der Waals surface area contributed by atoms with Gasteiger partial charge in [0, 0.05) is 13.1 Å². The maximum atomic E-state index is 12.1. The molecule has 0 unspecified atom stereocenters. The highest BCUT2D eigenvalue weighted by Crippen LogP contribution is 2.18. The van der Waals surface area contributed by atoms with Crippen LogP contribution in [0, 0.1) is 0 Å². The second-order valence-electron chi connectivity index (χ2n) is 4.01. The SMILES string of the molecule is Nc1ccc(Cl)c(C(=O)N2CCS(=O)(=O)CC2)n1. The van der Waals surface area contributed by atoms with Gasteiger partial charge in [0.1, 0.15) is 11.5 Å². The first-order valence-corrected chi connectivity index (χ1v) is 7.51. The molecule has 2 heterocycles. The van der Waals surface area contributed by atoms with Crippen molar-refractivity contribution in [2.45, 2.75) is 0 Å². The van der Waals surface area contributed by atoms with E-state index in [2.05, 4.69) is 4.98 Å². The molecule has 1 saturated heterocycles. The minimum Gasteiger partial charge on any atom is -0.384 e. The molecule has 1 aliphatic heterocycles. The second kappa shape index (κ2) is 4.74. The maximum Gasteiger partial charge on any atom is 0.274 e. The first kappa shape index (κ1) is 13.1. The van der Waals surface area contributed by atoms with E-state index in [1.807, 2.05) is 0 Å². The van der Waals surface area contributed by atoms with Crippen LogP contribution in [0.15, 0.2) is 12.1 Å². The van der Waals surface area contributed by atoms with Crippen LogP contribution in [-0.4, -0.2) is 48.8 Å². The van der Waals surface area contributed by atoms with E-state index in [4.69, 9.17) is 17.3 Å². The van der Waals surface area contributed by atoms with E-state index in [1.165, 1.54) is 17.0 Å². The Morgan fingerprint density at radius 1 is 1.33 bits per heavy atom. The van der Waals surface area contributed by atoms with Crippen LogP contribution in [0.2, 0.25) is 5.02 Å². The van der Waals surface area contributed by atoms with Gasteiger partial charge in [0.25, 0.3) is 5.91 Å². The van der Waals surface area contributed by atoms with E-state index in [9.17, 15) is 13.2 Å². The number of amides is 1. The molecule has 1 aromatic rings. The number of hydrogen-bond donors (Lipinski definition) is 1. The molecule has 1 amide bonds. The summed E-state index contributed by atoms with van der Waals surface area (Å²) in [7, 11) is -3.02. The lowest BCUT2D eigenvalue weighted by Gasteiger charge is -2.26. The molecule has 1 fully saturated rings. The van der Waals surface area contributed by atoms with Gasteiger partial charge in [-0.2, -0.15) is 0 Å². The fraction of sp³-hybridized carbons (Fsp3) is 0.400. The molecule has 0 atom stereocenters.